The first-order valence-corrected chi connectivity index (χ1v) is 5.36. The highest BCUT2D eigenvalue weighted by atomic mass is 16.7. The summed E-state index contributed by atoms with van der Waals surface area (Å²) in [5.41, 5.74) is 2.04. The van der Waals surface area contributed by atoms with Crippen molar-refractivity contribution in [3.63, 3.8) is 0 Å². The summed E-state index contributed by atoms with van der Waals surface area (Å²) < 4.78 is 10.4. The zero-order valence-electron chi connectivity index (χ0n) is 9.18. The van der Waals surface area contributed by atoms with E-state index in [9.17, 15) is 4.79 Å². The van der Waals surface area contributed by atoms with Crippen molar-refractivity contribution in [1.82, 2.24) is 0 Å². The quantitative estimate of drug-likeness (QED) is 0.726. The van der Waals surface area contributed by atoms with Crippen LogP contribution in [0.5, 0.6) is 0 Å². The summed E-state index contributed by atoms with van der Waals surface area (Å²) in [6.07, 6.45) is 1.71. The van der Waals surface area contributed by atoms with Crippen LogP contribution in [0.3, 0.4) is 0 Å². The molecule has 0 radical (unpaired) electrons. The van der Waals surface area contributed by atoms with Gasteiger partial charge in [-0.25, -0.2) is 4.79 Å². The minimum atomic E-state index is -0.502. The predicted molar refractivity (Wildman–Crippen MR) is 59.7 cm³/mol. The second kappa shape index (κ2) is 4.94. The molecule has 1 heterocycles. The fourth-order valence-corrected chi connectivity index (χ4v) is 1.69. The molecule has 16 heavy (non-hydrogen) atoms. The highest BCUT2D eigenvalue weighted by molar-refractivity contribution is 5.85. The van der Waals surface area contributed by atoms with Gasteiger partial charge in [0.15, 0.2) is 0 Å². The lowest BCUT2D eigenvalue weighted by Crippen LogP contribution is -2.17. The van der Waals surface area contributed by atoms with Crippen molar-refractivity contribution >= 4 is 5.97 Å². The third kappa shape index (κ3) is 2.49. The van der Waals surface area contributed by atoms with Crippen LogP contribution in [-0.4, -0.2) is 18.9 Å². The molecule has 1 aliphatic heterocycles. The Morgan fingerprint density at radius 2 is 2.06 bits per heavy atom. The van der Waals surface area contributed by atoms with Gasteiger partial charge in [-0.05, 0) is 12.5 Å². The molecule has 1 aliphatic rings. The summed E-state index contributed by atoms with van der Waals surface area (Å²) in [6.45, 7) is 2.41. The van der Waals surface area contributed by atoms with E-state index in [0.717, 1.165) is 11.1 Å². The topological polar surface area (TPSA) is 35.5 Å². The molecule has 0 fully saturated rings. The van der Waals surface area contributed by atoms with E-state index in [1.54, 1.807) is 0 Å². The standard InChI is InChI=1S/C13H14O3/c1-2-15-13-11(9-12(14)16-13)8-10-6-4-3-5-7-10/h3-7,9,13H,2,8H2,1H3/t13-/m0/s1. The van der Waals surface area contributed by atoms with Gasteiger partial charge in [-0.3, -0.25) is 0 Å². The van der Waals surface area contributed by atoms with Crippen LogP contribution >= 0.6 is 0 Å². The molecule has 0 saturated heterocycles. The number of hydrogen-bond acceptors (Lipinski definition) is 3. The number of carbonyl (C=O) groups is 1. The number of esters is 1. The first-order chi connectivity index (χ1) is 7.79. The average Bonchev–Trinajstić information content (AvgIpc) is 2.61. The summed E-state index contributed by atoms with van der Waals surface area (Å²) in [7, 11) is 0. The molecule has 0 aliphatic carbocycles. The molecular formula is C13H14O3. The van der Waals surface area contributed by atoms with Crippen LogP contribution in [0.15, 0.2) is 42.0 Å². The molecular weight excluding hydrogens is 204 g/mol. The van der Waals surface area contributed by atoms with Gasteiger partial charge in [0, 0.05) is 24.7 Å². The second-order valence-corrected chi connectivity index (χ2v) is 3.61. The van der Waals surface area contributed by atoms with Gasteiger partial charge in [0.05, 0.1) is 0 Å². The van der Waals surface area contributed by atoms with Crippen molar-refractivity contribution < 1.29 is 14.3 Å². The van der Waals surface area contributed by atoms with Crippen LogP contribution in [-0.2, 0) is 20.7 Å². The van der Waals surface area contributed by atoms with Crippen molar-refractivity contribution in [3.8, 4) is 0 Å². The van der Waals surface area contributed by atoms with E-state index in [1.165, 1.54) is 6.08 Å². The first kappa shape index (κ1) is 10.9. The summed E-state index contributed by atoms with van der Waals surface area (Å²) >= 11 is 0. The SMILES string of the molecule is CCO[C@H]1OC(=O)C=C1Cc1ccccc1. The smallest absolute Gasteiger partial charge is 0.333 e. The fourth-order valence-electron chi connectivity index (χ4n) is 1.69. The van der Waals surface area contributed by atoms with E-state index in [1.807, 2.05) is 37.3 Å². The van der Waals surface area contributed by atoms with Crippen molar-refractivity contribution in [2.45, 2.75) is 19.6 Å². The van der Waals surface area contributed by atoms with E-state index in [2.05, 4.69) is 0 Å². The van der Waals surface area contributed by atoms with Crippen molar-refractivity contribution in [3.05, 3.63) is 47.5 Å². The molecule has 0 spiro atoms. The summed E-state index contributed by atoms with van der Waals surface area (Å²) in [6, 6.07) is 9.96. The van der Waals surface area contributed by atoms with Gasteiger partial charge in [0.25, 0.3) is 0 Å². The zero-order valence-corrected chi connectivity index (χ0v) is 9.18. The van der Waals surface area contributed by atoms with Crippen LogP contribution < -0.4 is 0 Å². The zero-order chi connectivity index (χ0) is 11.4. The number of benzene rings is 1. The van der Waals surface area contributed by atoms with Gasteiger partial charge in [-0.1, -0.05) is 30.3 Å². The van der Waals surface area contributed by atoms with Crippen LogP contribution in [0.4, 0.5) is 0 Å². The number of ether oxygens (including phenoxy) is 2. The fraction of sp³-hybridized carbons (Fsp3) is 0.308. The van der Waals surface area contributed by atoms with Crippen LogP contribution in [0.25, 0.3) is 0 Å². The summed E-state index contributed by atoms with van der Waals surface area (Å²) in [5, 5.41) is 0. The Morgan fingerprint density at radius 1 is 1.31 bits per heavy atom. The highest BCUT2D eigenvalue weighted by Crippen LogP contribution is 2.21. The van der Waals surface area contributed by atoms with E-state index in [0.29, 0.717) is 13.0 Å². The molecule has 3 nitrogen and oxygen atoms in total. The van der Waals surface area contributed by atoms with Crippen LogP contribution in [0.2, 0.25) is 0 Å². The van der Waals surface area contributed by atoms with Gasteiger partial charge in [-0.15, -0.1) is 0 Å². The maximum atomic E-state index is 11.2. The third-order valence-electron chi connectivity index (χ3n) is 2.40. The molecule has 84 valence electrons. The van der Waals surface area contributed by atoms with E-state index < -0.39 is 6.29 Å². The third-order valence-corrected chi connectivity index (χ3v) is 2.40. The molecule has 0 aromatic heterocycles. The van der Waals surface area contributed by atoms with Crippen LogP contribution in [0.1, 0.15) is 12.5 Å². The summed E-state index contributed by atoms with van der Waals surface area (Å²) in [5.74, 6) is -0.315. The lowest BCUT2D eigenvalue weighted by Gasteiger charge is -2.13. The monoisotopic (exact) mass is 218 g/mol. The Bertz CT molecular complexity index is 395. The molecule has 1 atom stereocenters. The minimum absolute atomic E-state index is 0.315. The van der Waals surface area contributed by atoms with Crippen molar-refractivity contribution in [2.24, 2.45) is 0 Å². The molecule has 0 N–H and O–H groups in total. The van der Waals surface area contributed by atoms with Gasteiger partial charge in [0.1, 0.15) is 0 Å². The number of hydrogen-bond donors (Lipinski definition) is 0. The summed E-state index contributed by atoms with van der Waals surface area (Å²) in [4.78, 5) is 11.2. The van der Waals surface area contributed by atoms with Gasteiger partial charge in [0.2, 0.25) is 6.29 Å². The Morgan fingerprint density at radius 3 is 2.75 bits per heavy atom. The number of cyclic esters (lactones) is 1. The Kier molecular flexibility index (Phi) is 3.37. The average molecular weight is 218 g/mol. The minimum Gasteiger partial charge on any atom is -0.428 e. The Hall–Kier alpha value is -1.61. The highest BCUT2D eigenvalue weighted by Gasteiger charge is 2.26. The van der Waals surface area contributed by atoms with E-state index >= 15 is 0 Å². The molecule has 2 rings (SSSR count). The molecule has 0 unspecified atom stereocenters. The first-order valence-electron chi connectivity index (χ1n) is 5.36. The Balaban J connectivity index is 2.08. The van der Waals surface area contributed by atoms with Gasteiger partial charge < -0.3 is 9.47 Å². The Labute approximate surface area is 94.7 Å². The lowest BCUT2D eigenvalue weighted by atomic mass is 10.1. The molecule has 3 heteroatoms. The van der Waals surface area contributed by atoms with E-state index in [4.69, 9.17) is 9.47 Å². The molecule has 0 saturated carbocycles. The second-order valence-electron chi connectivity index (χ2n) is 3.61. The number of rotatable bonds is 4. The van der Waals surface area contributed by atoms with Crippen LogP contribution in [0, 0.1) is 0 Å². The largest absolute Gasteiger partial charge is 0.428 e. The molecule has 0 amide bonds. The lowest BCUT2D eigenvalue weighted by molar-refractivity contribution is -0.158. The predicted octanol–water partition coefficient (Wildman–Crippen LogP) is 2.07. The van der Waals surface area contributed by atoms with Crippen molar-refractivity contribution in [1.29, 1.82) is 0 Å². The van der Waals surface area contributed by atoms with Gasteiger partial charge in [-0.2, -0.15) is 0 Å². The molecule has 1 aromatic rings. The number of carbonyl (C=O) groups excluding carboxylic acids is 1. The van der Waals surface area contributed by atoms with Gasteiger partial charge >= 0.3 is 5.97 Å². The molecule has 1 aromatic carbocycles. The molecule has 0 bridgehead atoms. The normalized spacial score (nSPS) is 19.4. The van der Waals surface area contributed by atoms with Crippen molar-refractivity contribution in [2.75, 3.05) is 6.61 Å². The maximum Gasteiger partial charge on any atom is 0.333 e. The maximum absolute atomic E-state index is 11.2. The van der Waals surface area contributed by atoms with E-state index in [-0.39, 0.29) is 5.97 Å².